The van der Waals surface area contributed by atoms with E-state index in [4.69, 9.17) is 5.21 Å². The number of ketones is 1. The van der Waals surface area contributed by atoms with Crippen molar-refractivity contribution in [2.45, 2.75) is 64.7 Å². The van der Waals surface area contributed by atoms with Crippen molar-refractivity contribution in [2.24, 2.45) is 5.16 Å². The highest BCUT2D eigenvalue weighted by Crippen LogP contribution is 2.54. The smallest absolute Gasteiger partial charge is 0.210 e. The molecule has 0 fully saturated rings. The molecule has 0 radical (unpaired) electrons. The molecule has 1 aliphatic carbocycles. The summed E-state index contributed by atoms with van der Waals surface area (Å²) in [4.78, 5) is 12.6. The molecule has 0 heterocycles. The number of oxime groups is 1. The highest BCUT2D eigenvalue weighted by atomic mass is 16.4. The van der Waals surface area contributed by atoms with Crippen LogP contribution in [-0.4, -0.2) is 16.7 Å². The number of Topliss-reactive ketones (excluding diaryl/α,β-unsaturated/α-hetero) is 1. The average Bonchev–Trinajstić information content (AvgIpc) is 2.99. The van der Waals surface area contributed by atoms with Crippen LogP contribution in [0.2, 0.25) is 0 Å². The molecule has 0 saturated heterocycles. The lowest BCUT2D eigenvalue weighted by molar-refractivity contribution is 0.106. The first-order valence-corrected chi connectivity index (χ1v) is 10.1. The van der Waals surface area contributed by atoms with E-state index < -0.39 is 0 Å². The molecule has 3 nitrogen and oxygen atoms in total. The number of benzene rings is 2. The second-order valence-electron chi connectivity index (χ2n) is 7.61. The van der Waals surface area contributed by atoms with Gasteiger partial charge >= 0.3 is 0 Å². The van der Waals surface area contributed by atoms with Crippen molar-refractivity contribution in [1.29, 1.82) is 0 Å². The number of fused-ring (bicyclic) bond motifs is 3. The average molecular weight is 364 g/mol. The van der Waals surface area contributed by atoms with E-state index in [0.717, 1.165) is 38.5 Å². The zero-order valence-corrected chi connectivity index (χ0v) is 16.6. The van der Waals surface area contributed by atoms with Crippen LogP contribution in [0.15, 0.2) is 47.6 Å². The van der Waals surface area contributed by atoms with E-state index in [1.165, 1.54) is 22.3 Å². The maximum Gasteiger partial charge on any atom is 0.210 e. The Hall–Kier alpha value is -2.42. The molecule has 2 aromatic carbocycles. The quantitative estimate of drug-likeness (QED) is 0.256. The first kappa shape index (κ1) is 19.3. The summed E-state index contributed by atoms with van der Waals surface area (Å²) in [6, 6.07) is 14.7. The van der Waals surface area contributed by atoms with Gasteiger partial charge in [0, 0.05) is 11.0 Å². The molecule has 0 aliphatic heterocycles. The first-order valence-electron chi connectivity index (χ1n) is 10.1. The van der Waals surface area contributed by atoms with Crippen molar-refractivity contribution in [2.75, 3.05) is 0 Å². The normalized spacial score (nSPS) is 14.7. The van der Waals surface area contributed by atoms with E-state index in [1.807, 2.05) is 6.07 Å². The van der Waals surface area contributed by atoms with E-state index in [9.17, 15) is 4.79 Å². The van der Waals surface area contributed by atoms with Crippen molar-refractivity contribution in [3.05, 3.63) is 59.2 Å². The van der Waals surface area contributed by atoms with Gasteiger partial charge < -0.3 is 5.21 Å². The molecular formula is C24H29NO2. The van der Waals surface area contributed by atoms with E-state index in [1.54, 1.807) is 6.92 Å². The van der Waals surface area contributed by atoms with Gasteiger partial charge in [0.05, 0.1) is 0 Å². The Bertz CT molecular complexity index is 858. The Morgan fingerprint density at radius 1 is 0.963 bits per heavy atom. The van der Waals surface area contributed by atoms with Crippen LogP contribution in [0.5, 0.6) is 0 Å². The molecule has 1 aliphatic rings. The molecule has 0 bridgehead atoms. The molecule has 3 heteroatoms. The summed E-state index contributed by atoms with van der Waals surface area (Å²) in [5.41, 5.74) is 5.91. The number of carbonyl (C=O) groups is 1. The standard InChI is InChI=1S/C24H29NO2/c1-4-6-14-24(15-7-5-2)21-11-9-8-10-19(21)20-13-12-18(16-22(20)24)23(26)17(3)25-27/h8-13,16,27H,4-7,14-15H2,1-3H3. The lowest BCUT2D eigenvalue weighted by atomic mass is 9.70. The molecule has 0 aromatic heterocycles. The molecule has 1 N–H and O–H groups in total. The predicted molar refractivity (Wildman–Crippen MR) is 111 cm³/mol. The summed E-state index contributed by atoms with van der Waals surface area (Å²) in [6.45, 7) is 6.01. The maximum atomic E-state index is 12.6. The fourth-order valence-corrected chi connectivity index (χ4v) is 4.47. The van der Waals surface area contributed by atoms with Crippen LogP contribution in [0, 0.1) is 0 Å². The van der Waals surface area contributed by atoms with E-state index >= 15 is 0 Å². The molecule has 142 valence electrons. The van der Waals surface area contributed by atoms with E-state index in [2.05, 4.69) is 55.4 Å². The zero-order chi connectivity index (χ0) is 19.4. The van der Waals surface area contributed by atoms with Gasteiger partial charge in [0.15, 0.2) is 0 Å². The summed E-state index contributed by atoms with van der Waals surface area (Å²) < 4.78 is 0. The van der Waals surface area contributed by atoms with Crippen molar-refractivity contribution < 1.29 is 10.0 Å². The summed E-state index contributed by atoms with van der Waals surface area (Å²) in [5, 5.41) is 12.1. The summed E-state index contributed by atoms with van der Waals surface area (Å²) >= 11 is 0. The lowest BCUT2D eigenvalue weighted by Crippen LogP contribution is -2.26. The van der Waals surface area contributed by atoms with Crippen molar-refractivity contribution in [1.82, 2.24) is 0 Å². The second kappa shape index (κ2) is 8.08. The Balaban J connectivity index is 2.20. The van der Waals surface area contributed by atoms with Gasteiger partial charge in [-0.05, 0) is 48.1 Å². The minimum atomic E-state index is -0.212. The number of nitrogens with zero attached hydrogens (tertiary/aromatic N) is 1. The van der Waals surface area contributed by atoms with Gasteiger partial charge in [0.25, 0.3) is 0 Å². The van der Waals surface area contributed by atoms with Crippen LogP contribution in [0.4, 0.5) is 0 Å². The van der Waals surface area contributed by atoms with Crippen LogP contribution >= 0.6 is 0 Å². The van der Waals surface area contributed by atoms with Crippen LogP contribution < -0.4 is 0 Å². The predicted octanol–water partition coefficient (Wildman–Crippen LogP) is 6.37. The molecular weight excluding hydrogens is 334 g/mol. The van der Waals surface area contributed by atoms with Gasteiger partial charge in [-0.25, -0.2) is 0 Å². The molecule has 27 heavy (non-hydrogen) atoms. The van der Waals surface area contributed by atoms with Gasteiger partial charge in [-0.15, -0.1) is 0 Å². The summed E-state index contributed by atoms with van der Waals surface area (Å²) in [7, 11) is 0. The SMILES string of the molecule is CCCCC1(CCCC)c2ccccc2-c2ccc(C(=O)C(C)=NO)cc21. The molecule has 0 amide bonds. The fraction of sp³-hybridized carbons (Fsp3) is 0.417. The monoisotopic (exact) mass is 363 g/mol. The third-order valence-corrected chi connectivity index (χ3v) is 5.92. The number of carbonyl (C=O) groups excluding carboxylic acids is 1. The molecule has 0 atom stereocenters. The molecule has 0 saturated carbocycles. The topological polar surface area (TPSA) is 49.7 Å². The fourth-order valence-electron chi connectivity index (χ4n) is 4.47. The van der Waals surface area contributed by atoms with Gasteiger partial charge in [-0.1, -0.05) is 81.1 Å². The van der Waals surface area contributed by atoms with Crippen LogP contribution in [0.1, 0.15) is 80.8 Å². The van der Waals surface area contributed by atoms with Gasteiger partial charge in [0.2, 0.25) is 5.78 Å². The number of rotatable bonds is 8. The maximum absolute atomic E-state index is 12.6. The molecule has 3 rings (SSSR count). The van der Waals surface area contributed by atoms with Crippen molar-refractivity contribution in [3.8, 4) is 11.1 Å². The third-order valence-electron chi connectivity index (χ3n) is 5.92. The minimum absolute atomic E-state index is 0.0293. The Morgan fingerprint density at radius 2 is 1.59 bits per heavy atom. The summed E-state index contributed by atoms with van der Waals surface area (Å²) in [5.74, 6) is -0.212. The van der Waals surface area contributed by atoms with Crippen molar-refractivity contribution >= 4 is 11.5 Å². The van der Waals surface area contributed by atoms with Gasteiger partial charge in [-0.3, -0.25) is 4.79 Å². The number of hydrogen-bond acceptors (Lipinski definition) is 3. The number of hydrogen-bond donors (Lipinski definition) is 1. The Morgan fingerprint density at radius 3 is 2.22 bits per heavy atom. The largest absolute Gasteiger partial charge is 0.411 e. The van der Waals surface area contributed by atoms with Crippen LogP contribution in [0.25, 0.3) is 11.1 Å². The minimum Gasteiger partial charge on any atom is -0.411 e. The molecule has 0 unspecified atom stereocenters. The second-order valence-corrected chi connectivity index (χ2v) is 7.61. The van der Waals surface area contributed by atoms with E-state index in [-0.39, 0.29) is 16.9 Å². The Kier molecular flexibility index (Phi) is 5.79. The van der Waals surface area contributed by atoms with Gasteiger partial charge in [0.1, 0.15) is 5.71 Å². The van der Waals surface area contributed by atoms with Gasteiger partial charge in [-0.2, -0.15) is 0 Å². The highest BCUT2D eigenvalue weighted by Gasteiger charge is 2.42. The molecule has 0 spiro atoms. The third kappa shape index (κ3) is 3.31. The van der Waals surface area contributed by atoms with Crippen molar-refractivity contribution in [3.63, 3.8) is 0 Å². The van der Waals surface area contributed by atoms with E-state index in [0.29, 0.717) is 5.56 Å². The Labute approximate surface area is 162 Å². The lowest BCUT2D eigenvalue weighted by Gasteiger charge is -2.32. The highest BCUT2D eigenvalue weighted by molar-refractivity contribution is 6.45. The zero-order valence-electron chi connectivity index (χ0n) is 16.6. The number of unbranched alkanes of at least 4 members (excludes halogenated alkanes) is 2. The van der Waals surface area contributed by atoms with Crippen LogP contribution in [0.3, 0.4) is 0 Å². The summed E-state index contributed by atoms with van der Waals surface area (Å²) in [6.07, 6.45) is 6.82. The van der Waals surface area contributed by atoms with Crippen LogP contribution in [-0.2, 0) is 5.41 Å². The first-order chi connectivity index (χ1) is 13.1. The molecule has 2 aromatic rings.